The van der Waals surface area contributed by atoms with Crippen molar-refractivity contribution < 1.29 is 0 Å². The third-order valence-corrected chi connectivity index (χ3v) is 8.63. The number of nitrogens with one attached hydrogen (secondary N) is 1. The van der Waals surface area contributed by atoms with Crippen LogP contribution in [0.3, 0.4) is 0 Å². The van der Waals surface area contributed by atoms with E-state index in [9.17, 15) is 0 Å². The van der Waals surface area contributed by atoms with Gasteiger partial charge < -0.3 is 5.32 Å². The van der Waals surface area contributed by atoms with Gasteiger partial charge in [0, 0.05) is 27.5 Å². The fraction of sp³-hybridized carbons (Fsp3) is 0.667. The Hall–Kier alpha value is -0.120. The van der Waals surface area contributed by atoms with E-state index in [1.54, 1.807) is 11.1 Å². The van der Waals surface area contributed by atoms with E-state index >= 15 is 0 Å². The van der Waals surface area contributed by atoms with Crippen LogP contribution in [0.5, 0.6) is 0 Å². The maximum Gasteiger partial charge on any atom is 0.0449 e. The van der Waals surface area contributed by atoms with Crippen LogP contribution in [0.2, 0.25) is 0 Å². The van der Waals surface area contributed by atoms with E-state index in [0.29, 0.717) is 11.3 Å². The third-order valence-electron chi connectivity index (χ3n) is 5.13. The Labute approximate surface area is 138 Å². The number of rotatable bonds is 4. The van der Waals surface area contributed by atoms with Crippen molar-refractivity contribution in [1.29, 1.82) is 0 Å². The minimum Gasteiger partial charge on any atom is -0.312 e. The van der Waals surface area contributed by atoms with E-state index in [2.05, 4.69) is 74.0 Å². The lowest BCUT2D eigenvalue weighted by Gasteiger charge is -2.38. The minimum absolute atomic E-state index is 0.495. The molecule has 0 radical (unpaired) electrons. The molecule has 3 rings (SSSR count). The highest BCUT2D eigenvalue weighted by atomic mass is 32.2. The monoisotopic (exact) mass is 321 g/mol. The lowest BCUT2D eigenvalue weighted by atomic mass is 9.77. The average Bonchev–Trinajstić information content (AvgIpc) is 2.43. The van der Waals surface area contributed by atoms with Crippen molar-refractivity contribution in [2.24, 2.45) is 0 Å². The second-order valence-electron chi connectivity index (χ2n) is 6.44. The van der Waals surface area contributed by atoms with Crippen molar-refractivity contribution in [3.05, 3.63) is 35.4 Å². The van der Waals surface area contributed by atoms with Crippen LogP contribution in [0.25, 0.3) is 0 Å². The van der Waals surface area contributed by atoms with Crippen LogP contribution in [0, 0.1) is 0 Å². The van der Waals surface area contributed by atoms with Crippen LogP contribution in [-0.2, 0) is 0 Å². The summed E-state index contributed by atoms with van der Waals surface area (Å²) in [6, 6.07) is 9.67. The van der Waals surface area contributed by atoms with Crippen molar-refractivity contribution in [3.63, 3.8) is 0 Å². The molecule has 1 N–H and O–H groups in total. The molecule has 1 aromatic rings. The van der Waals surface area contributed by atoms with Crippen LogP contribution in [-0.4, -0.2) is 28.6 Å². The van der Waals surface area contributed by atoms with Crippen molar-refractivity contribution in [2.45, 2.75) is 60.8 Å². The molecule has 1 aliphatic carbocycles. The molecule has 3 heteroatoms. The summed E-state index contributed by atoms with van der Waals surface area (Å²) in [5.41, 5.74) is 3.17. The Kier molecular flexibility index (Phi) is 5.23. The van der Waals surface area contributed by atoms with Gasteiger partial charge in [-0.25, -0.2) is 0 Å². The van der Waals surface area contributed by atoms with Gasteiger partial charge in [0.15, 0.2) is 0 Å². The Morgan fingerprint density at radius 3 is 2.52 bits per heavy atom. The fourth-order valence-corrected chi connectivity index (χ4v) is 6.56. The maximum atomic E-state index is 3.63. The summed E-state index contributed by atoms with van der Waals surface area (Å²) in [4.78, 5) is 0. The molecule has 4 unspecified atom stereocenters. The highest BCUT2D eigenvalue weighted by Crippen LogP contribution is 2.44. The molecule has 0 bridgehead atoms. The van der Waals surface area contributed by atoms with Crippen molar-refractivity contribution in [2.75, 3.05) is 12.8 Å². The van der Waals surface area contributed by atoms with E-state index in [0.717, 1.165) is 16.4 Å². The predicted octanol–water partition coefficient (Wildman–Crippen LogP) is 4.84. The normalized spacial score (nSPS) is 31.7. The highest BCUT2D eigenvalue weighted by molar-refractivity contribution is 8.07. The Morgan fingerprint density at radius 2 is 1.90 bits per heavy atom. The SMILES string of the molecule is CNC(c1ccccc1C1CCC1)C1CSC(C)C(C)S1. The van der Waals surface area contributed by atoms with Gasteiger partial charge in [0.05, 0.1) is 0 Å². The molecular weight excluding hydrogens is 294 g/mol. The molecule has 1 aromatic carbocycles. The standard InChI is InChI=1S/C18H27NS2/c1-12-13(2)21-17(11-20-12)18(19-3)16-10-5-4-9-15(16)14-7-6-8-14/h4-5,9-10,12-14,17-19H,6-8,11H2,1-3H3. The van der Waals surface area contributed by atoms with Gasteiger partial charge in [0.25, 0.3) is 0 Å². The zero-order valence-corrected chi connectivity index (χ0v) is 15.0. The van der Waals surface area contributed by atoms with Gasteiger partial charge >= 0.3 is 0 Å². The van der Waals surface area contributed by atoms with Crippen molar-refractivity contribution in [1.82, 2.24) is 5.32 Å². The van der Waals surface area contributed by atoms with Crippen LogP contribution in [0.15, 0.2) is 24.3 Å². The highest BCUT2D eigenvalue weighted by Gasteiger charge is 2.33. The predicted molar refractivity (Wildman–Crippen MR) is 97.6 cm³/mol. The van der Waals surface area contributed by atoms with Gasteiger partial charge in [-0.05, 0) is 36.9 Å². The first kappa shape index (κ1) is 15.8. The molecule has 116 valence electrons. The van der Waals surface area contributed by atoms with E-state index in [1.165, 1.54) is 25.0 Å². The number of benzene rings is 1. The van der Waals surface area contributed by atoms with Crippen LogP contribution >= 0.6 is 23.5 Å². The van der Waals surface area contributed by atoms with Crippen molar-refractivity contribution >= 4 is 23.5 Å². The maximum absolute atomic E-state index is 3.63. The van der Waals surface area contributed by atoms with Crippen molar-refractivity contribution in [3.8, 4) is 0 Å². The molecule has 2 fully saturated rings. The molecule has 0 spiro atoms. The molecule has 4 atom stereocenters. The number of hydrogen-bond donors (Lipinski definition) is 1. The molecule has 1 nitrogen and oxygen atoms in total. The summed E-state index contributed by atoms with van der Waals surface area (Å²) in [6.07, 6.45) is 4.17. The second kappa shape index (κ2) is 6.97. The molecule has 21 heavy (non-hydrogen) atoms. The molecular formula is C18H27NS2. The first-order chi connectivity index (χ1) is 10.2. The topological polar surface area (TPSA) is 12.0 Å². The summed E-state index contributed by atoms with van der Waals surface area (Å²) in [7, 11) is 2.14. The summed E-state index contributed by atoms with van der Waals surface area (Å²) in [5, 5.41) is 5.85. The second-order valence-corrected chi connectivity index (χ2v) is 9.47. The summed E-state index contributed by atoms with van der Waals surface area (Å²) in [5.74, 6) is 2.08. The minimum atomic E-state index is 0.495. The van der Waals surface area contributed by atoms with Gasteiger partial charge in [-0.1, -0.05) is 44.5 Å². The van der Waals surface area contributed by atoms with Gasteiger partial charge in [-0.15, -0.1) is 0 Å². The molecule has 0 amide bonds. The van der Waals surface area contributed by atoms with E-state index in [-0.39, 0.29) is 0 Å². The zero-order chi connectivity index (χ0) is 14.8. The molecule has 1 heterocycles. The fourth-order valence-electron chi connectivity index (χ4n) is 3.41. The number of hydrogen-bond acceptors (Lipinski definition) is 3. The molecule has 1 saturated carbocycles. The Bertz CT molecular complexity index is 472. The van der Waals surface area contributed by atoms with Crippen LogP contribution in [0.4, 0.5) is 0 Å². The lowest BCUT2D eigenvalue weighted by molar-refractivity contribution is 0.412. The van der Waals surface area contributed by atoms with E-state index in [4.69, 9.17) is 0 Å². The summed E-state index contributed by atoms with van der Waals surface area (Å²) in [6.45, 7) is 4.76. The largest absolute Gasteiger partial charge is 0.312 e. The first-order valence-corrected chi connectivity index (χ1v) is 10.2. The Morgan fingerprint density at radius 1 is 1.14 bits per heavy atom. The first-order valence-electron chi connectivity index (χ1n) is 8.24. The number of thioether (sulfide) groups is 2. The van der Waals surface area contributed by atoms with E-state index < -0.39 is 0 Å². The van der Waals surface area contributed by atoms with E-state index in [1.807, 2.05) is 0 Å². The summed E-state index contributed by atoms with van der Waals surface area (Å²) >= 11 is 4.33. The molecule has 0 aromatic heterocycles. The van der Waals surface area contributed by atoms with Crippen LogP contribution in [0.1, 0.15) is 56.2 Å². The van der Waals surface area contributed by atoms with Gasteiger partial charge in [-0.2, -0.15) is 23.5 Å². The lowest BCUT2D eigenvalue weighted by Crippen LogP contribution is -2.36. The smallest absolute Gasteiger partial charge is 0.0449 e. The zero-order valence-electron chi connectivity index (χ0n) is 13.3. The Balaban J connectivity index is 1.83. The van der Waals surface area contributed by atoms with Gasteiger partial charge in [-0.3, -0.25) is 0 Å². The third kappa shape index (κ3) is 3.30. The molecule has 1 saturated heterocycles. The molecule has 1 aliphatic heterocycles. The average molecular weight is 322 g/mol. The van der Waals surface area contributed by atoms with Gasteiger partial charge in [0.2, 0.25) is 0 Å². The summed E-state index contributed by atoms with van der Waals surface area (Å²) < 4.78 is 0. The van der Waals surface area contributed by atoms with Gasteiger partial charge in [0.1, 0.15) is 0 Å². The molecule has 2 aliphatic rings. The van der Waals surface area contributed by atoms with Crippen LogP contribution < -0.4 is 5.32 Å². The quantitative estimate of drug-likeness (QED) is 0.852.